The number of nitrogens with zero attached hydrogens (tertiary/aromatic N) is 1. The van der Waals surface area contributed by atoms with Crippen molar-refractivity contribution in [3.8, 4) is 0 Å². The number of anilines is 1. The van der Waals surface area contributed by atoms with Gasteiger partial charge in [0.1, 0.15) is 0 Å². The van der Waals surface area contributed by atoms with Crippen molar-refractivity contribution in [2.24, 2.45) is 5.73 Å². The number of hydrogen-bond donors (Lipinski definition) is 2. The molecule has 2 rings (SSSR count). The van der Waals surface area contributed by atoms with E-state index in [1.54, 1.807) is 7.11 Å². The van der Waals surface area contributed by atoms with E-state index >= 15 is 0 Å². The van der Waals surface area contributed by atoms with E-state index in [1.165, 1.54) is 5.69 Å². The number of amides is 1. The van der Waals surface area contributed by atoms with Crippen LogP contribution in [0.5, 0.6) is 0 Å². The predicted octanol–water partition coefficient (Wildman–Crippen LogP) is 1.51. The molecule has 6 heteroatoms. The number of carbonyl (C=O) groups is 1. The molecule has 21 heavy (non-hydrogen) atoms. The zero-order valence-electron chi connectivity index (χ0n) is 12.2. The standard InChI is InChI=1S/C15H22BrN3O2/c1-21-12(9-17)8-15(20)18-11-6-7-19(10-11)14-5-3-2-4-13(14)16/h2-5,11-12H,6-10,17H2,1H3,(H,18,20). The van der Waals surface area contributed by atoms with E-state index in [9.17, 15) is 4.79 Å². The predicted molar refractivity (Wildman–Crippen MR) is 87.4 cm³/mol. The Bertz CT molecular complexity index is 480. The summed E-state index contributed by atoms with van der Waals surface area (Å²) in [6.07, 6.45) is 1.07. The summed E-state index contributed by atoms with van der Waals surface area (Å²) in [6, 6.07) is 8.33. The summed E-state index contributed by atoms with van der Waals surface area (Å²) in [6.45, 7) is 2.13. The molecule has 0 aliphatic carbocycles. The molecule has 1 aliphatic rings. The second kappa shape index (κ2) is 7.77. The van der Waals surface area contributed by atoms with E-state index < -0.39 is 0 Å². The number of ether oxygens (including phenoxy) is 1. The summed E-state index contributed by atoms with van der Waals surface area (Å²) in [7, 11) is 1.58. The van der Waals surface area contributed by atoms with E-state index in [0.29, 0.717) is 13.0 Å². The molecule has 1 heterocycles. The van der Waals surface area contributed by atoms with Crippen molar-refractivity contribution in [1.82, 2.24) is 5.32 Å². The van der Waals surface area contributed by atoms with Crippen molar-refractivity contribution >= 4 is 27.5 Å². The molecule has 0 radical (unpaired) electrons. The van der Waals surface area contributed by atoms with Crippen LogP contribution in [0.15, 0.2) is 28.7 Å². The zero-order chi connectivity index (χ0) is 15.2. The minimum atomic E-state index is -0.203. The Hall–Kier alpha value is -1.11. The summed E-state index contributed by atoms with van der Waals surface area (Å²) in [5.74, 6) is 0.00581. The van der Waals surface area contributed by atoms with Crippen molar-refractivity contribution in [3.63, 3.8) is 0 Å². The van der Waals surface area contributed by atoms with Gasteiger partial charge in [0.15, 0.2) is 0 Å². The Balaban J connectivity index is 1.85. The van der Waals surface area contributed by atoms with Gasteiger partial charge >= 0.3 is 0 Å². The maximum absolute atomic E-state index is 12.0. The fraction of sp³-hybridized carbons (Fsp3) is 0.533. The molecule has 0 bridgehead atoms. The van der Waals surface area contributed by atoms with Crippen LogP contribution in [0.4, 0.5) is 5.69 Å². The minimum Gasteiger partial charge on any atom is -0.380 e. The number of halogens is 1. The van der Waals surface area contributed by atoms with Crippen LogP contribution in [0, 0.1) is 0 Å². The first-order valence-electron chi connectivity index (χ1n) is 7.15. The lowest BCUT2D eigenvalue weighted by molar-refractivity contribution is -0.123. The van der Waals surface area contributed by atoms with Crippen molar-refractivity contribution in [1.29, 1.82) is 0 Å². The Labute approximate surface area is 134 Å². The average molecular weight is 356 g/mol. The number of para-hydroxylation sites is 1. The van der Waals surface area contributed by atoms with E-state index in [4.69, 9.17) is 10.5 Å². The quantitative estimate of drug-likeness (QED) is 0.811. The number of benzene rings is 1. The van der Waals surface area contributed by atoms with Gasteiger partial charge in [0, 0.05) is 37.3 Å². The van der Waals surface area contributed by atoms with Crippen LogP contribution in [0.25, 0.3) is 0 Å². The third-order valence-corrected chi connectivity index (χ3v) is 4.43. The summed E-state index contributed by atoms with van der Waals surface area (Å²) in [5, 5.41) is 3.07. The highest BCUT2D eigenvalue weighted by Crippen LogP contribution is 2.28. The van der Waals surface area contributed by atoms with Crippen molar-refractivity contribution in [3.05, 3.63) is 28.7 Å². The van der Waals surface area contributed by atoms with Gasteiger partial charge in [0.05, 0.1) is 18.2 Å². The lowest BCUT2D eigenvalue weighted by atomic mass is 10.2. The molecule has 2 unspecified atom stereocenters. The summed E-state index contributed by atoms with van der Waals surface area (Å²) in [5.41, 5.74) is 6.71. The molecular weight excluding hydrogens is 334 g/mol. The number of rotatable bonds is 6. The van der Waals surface area contributed by atoms with Gasteiger partial charge in [-0.3, -0.25) is 4.79 Å². The second-order valence-electron chi connectivity index (χ2n) is 5.25. The van der Waals surface area contributed by atoms with Crippen LogP contribution in [0.2, 0.25) is 0 Å². The van der Waals surface area contributed by atoms with E-state index in [1.807, 2.05) is 18.2 Å². The Morgan fingerprint density at radius 2 is 2.33 bits per heavy atom. The van der Waals surface area contributed by atoms with Gasteiger partial charge in [-0.25, -0.2) is 0 Å². The molecule has 0 aromatic heterocycles. The van der Waals surface area contributed by atoms with E-state index in [0.717, 1.165) is 24.0 Å². The topological polar surface area (TPSA) is 67.6 Å². The largest absolute Gasteiger partial charge is 0.380 e. The lowest BCUT2D eigenvalue weighted by Crippen LogP contribution is -2.40. The molecule has 1 aromatic carbocycles. The molecule has 5 nitrogen and oxygen atoms in total. The van der Waals surface area contributed by atoms with Gasteiger partial charge in [-0.2, -0.15) is 0 Å². The van der Waals surface area contributed by atoms with E-state index in [2.05, 4.69) is 32.2 Å². The number of methoxy groups -OCH3 is 1. The average Bonchev–Trinajstić information content (AvgIpc) is 2.93. The first kappa shape index (κ1) is 16.3. The van der Waals surface area contributed by atoms with Crippen molar-refractivity contribution < 1.29 is 9.53 Å². The Morgan fingerprint density at radius 1 is 1.57 bits per heavy atom. The minimum absolute atomic E-state index is 0.00581. The van der Waals surface area contributed by atoms with Crippen LogP contribution in [-0.4, -0.2) is 44.8 Å². The van der Waals surface area contributed by atoms with Gasteiger partial charge in [0.25, 0.3) is 0 Å². The third-order valence-electron chi connectivity index (χ3n) is 3.76. The molecular formula is C15H22BrN3O2. The van der Waals surface area contributed by atoms with Crippen LogP contribution in [0.3, 0.4) is 0 Å². The van der Waals surface area contributed by atoms with Gasteiger partial charge < -0.3 is 20.7 Å². The van der Waals surface area contributed by atoms with Gasteiger partial charge in [-0.05, 0) is 34.5 Å². The number of nitrogens with one attached hydrogen (secondary N) is 1. The smallest absolute Gasteiger partial charge is 0.222 e. The Morgan fingerprint density at radius 3 is 3.00 bits per heavy atom. The maximum Gasteiger partial charge on any atom is 0.222 e. The highest BCUT2D eigenvalue weighted by molar-refractivity contribution is 9.10. The summed E-state index contributed by atoms with van der Waals surface area (Å²) in [4.78, 5) is 14.2. The highest BCUT2D eigenvalue weighted by atomic mass is 79.9. The maximum atomic E-state index is 12.0. The van der Waals surface area contributed by atoms with Crippen molar-refractivity contribution in [2.45, 2.75) is 25.0 Å². The molecule has 1 aromatic rings. The first-order chi connectivity index (χ1) is 10.1. The molecule has 0 saturated carbocycles. The molecule has 1 fully saturated rings. The van der Waals surface area contributed by atoms with Gasteiger partial charge in [0.2, 0.25) is 5.91 Å². The lowest BCUT2D eigenvalue weighted by Gasteiger charge is -2.21. The molecule has 1 saturated heterocycles. The number of carbonyl (C=O) groups excluding carboxylic acids is 1. The molecule has 2 atom stereocenters. The van der Waals surface area contributed by atoms with Crippen LogP contribution >= 0.6 is 15.9 Å². The number of nitrogens with two attached hydrogens (primary N) is 1. The van der Waals surface area contributed by atoms with Gasteiger partial charge in [-0.1, -0.05) is 12.1 Å². The molecule has 116 valence electrons. The van der Waals surface area contributed by atoms with E-state index in [-0.39, 0.29) is 18.1 Å². The van der Waals surface area contributed by atoms with Crippen molar-refractivity contribution in [2.75, 3.05) is 31.6 Å². The third kappa shape index (κ3) is 4.43. The summed E-state index contributed by atoms with van der Waals surface area (Å²) >= 11 is 3.57. The highest BCUT2D eigenvalue weighted by Gasteiger charge is 2.25. The summed E-state index contributed by atoms with van der Waals surface area (Å²) < 4.78 is 6.22. The van der Waals surface area contributed by atoms with Gasteiger partial charge in [-0.15, -0.1) is 0 Å². The number of hydrogen-bond acceptors (Lipinski definition) is 4. The fourth-order valence-electron chi connectivity index (χ4n) is 2.56. The van der Waals surface area contributed by atoms with Crippen LogP contribution in [0.1, 0.15) is 12.8 Å². The molecule has 1 amide bonds. The molecule has 3 N–H and O–H groups in total. The fourth-order valence-corrected chi connectivity index (χ4v) is 3.10. The normalized spacial score (nSPS) is 19.6. The molecule has 0 spiro atoms. The Kier molecular flexibility index (Phi) is 6.02. The molecule has 1 aliphatic heterocycles. The first-order valence-corrected chi connectivity index (χ1v) is 7.95. The van der Waals surface area contributed by atoms with Crippen LogP contribution < -0.4 is 16.0 Å². The van der Waals surface area contributed by atoms with Crippen LogP contribution in [-0.2, 0) is 9.53 Å². The SMILES string of the molecule is COC(CN)CC(=O)NC1CCN(c2ccccc2Br)C1. The monoisotopic (exact) mass is 355 g/mol. The second-order valence-corrected chi connectivity index (χ2v) is 6.10. The zero-order valence-corrected chi connectivity index (χ0v) is 13.8.